The topological polar surface area (TPSA) is 77.5 Å². The fourth-order valence-corrected chi connectivity index (χ4v) is 5.14. The summed E-state index contributed by atoms with van der Waals surface area (Å²) in [6, 6.07) is 8.22. The van der Waals surface area contributed by atoms with E-state index in [0.29, 0.717) is 12.1 Å². The molecule has 0 N–H and O–H groups in total. The molecule has 1 aliphatic rings. The number of thiazole rings is 1. The van der Waals surface area contributed by atoms with Gasteiger partial charge in [0.2, 0.25) is 0 Å². The average Bonchev–Trinajstić information content (AvgIpc) is 3.23. The number of hydrogen-bond donors (Lipinski definition) is 0. The van der Waals surface area contributed by atoms with Crippen molar-refractivity contribution >= 4 is 32.9 Å². The maximum Gasteiger partial charge on any atom is 0.258 e. The lowest BCUT2D eigenvalue weighted by molar-refractivity contribution is 0.247. The van der Waals surface area contributed by atoms with E-state index in [1.807, 2.05) is 5.38 Å². The lowest BCUT2D eigenvalue weighted by Crippen LogP contribution is -2.46. The highest BCUT2D eigenvalue weighted by Crippen LogP contribution is 2.32. The Labute approximate surface area is 183 Å². The molecule has 0 atom stereocenters. The first kappa shape index (κ1) is 19.7. The maximum absolute atomic E-state index is 12.3. The highest BCUT2D eigenvalue weighted by atomic mass is 32.1. The third kappa shape index (κ3) is 3.56. The Kier molecular flexibility index (Phi) is 4.93. The third-order valence-corrected chi connectivity index (χ3v) is 6.59. The lowest BCUT2D eigenvalue weighted by atomic mass is 10.0. The van der Waals surface area contributed by atoms with Gasteiger partial charge in [-0.15, -0.1) is 11.3 Å². The second-order valence-electron chi connectivity index (χ2n) is 8.01. The molecule has 8 heteroatoms. The predicted octanol–water partition coefficient (Wildman–Crippen LogP) is 3.11. The molecule has 0 amide bonds. The molecule has 0 unspecified atom stereocenters. The van der Waals surface area contributed by atoms with Crippen molar-refractivity contribution in [2.45, 2.75) is 20.4 Å². The first-order valence-electron chi connectivity index (χ1n) is 10.3. The summed E-state index contributed by atoms with van der Waals surface area (Å²) in [6.45, 7) is 8.08. The van der Waals surface area contributed by atoms with Crippen molar-refractivity contribution in [1.29, 1.82) is 5.26 Å². The Morgan fingerprint density at radius 3 is 2.74 bits per heavy atom. The number of benzene rings is 1. The van der Waals surface area contributed by atoms with Crippen LogP contribution in [0, 0.1) is 25.2 Å². The summed E-state index contributed by atoms with van der Waals surface area (Å²) in [6.07, 6.45) is 3.45. The smallest absolute Gasteiger partial charge is 0.258 e. The lowest BCUT2D eigenvalue weighted by Gasteiger charge is -2.36. The number of rotatable bonds is 3. The summed E-state index contributed by atoms with van der Waals surface area (Å²) in [5, 5.41) is 12.6. The van der Waals surface area contributed by atoms with Gasteiger partial charge < -0.3 is 4.90 Å². The number of pyridine rings is 1. The Morgan fingerprint density at radius 1 is 1.16 bits per heavy atom. The molecule has 5 rings (SSSR count). The van der Waals surface area contributed by atoms with Crippen molar-refractivity contribution < 1.29 is 0 Å². The van der Waals surface area contributed by atoms with Gasteiger partial charge in [0.1, 0.15) is 6.07 Å². The van der Waals surface area contributed by atoms with Crippen molar-refractivity contribution in [1.82, 2.24) is 19.3 Å². The van der Waals surface area contributed by atoms with Crippen LogP contribution in [0.2, 0.25) is 0 Å². The zero-order valence-corrected chi connectivity index (χ0v) is 18.3. The molecule has 31 heavy (non-hydrogen) atoms. The van der Waals surface area contributed by atoms with Crippen LogP contribution in [0.25, 0.3) is 15.9 Å². The van der Waals surface area contributed by atoms with Gasteiger partial charge in [-0.2, -0.15) is 5.26 Å². The summed E-state index contributed by atoms with van der Waals surface area (Å²) in [7, 11) is 0. The fraction of sp³-hybridized carbons (Fsp3) is 0.304. The number of fused-ring (bicyclic) bond motifs is 2. The Morgan fingerprint density at radius 2 is 1.97 bits per heavy atom. The third-order valence-electron chi connectivity index (χ3n) is 5.83. The molecule has 4 heterocycles. The van der Waals surface area contributed by atoms with Gasteiger partial charge in [-0.05, 0) is 25.5 Å². The molecule has 0 bridgehead atoms. The van der Waals surface area contributed by atoms with Crippen LogP contribution in [0.4, 0.5) is 5.69 Å². The van der Waals surface area contributed by atoms with Crippen LogP contribution in [-0.4, -0.2) is 45.4 Å². The summed E-state index contributed by atoms with van der Waals surface area (Å²) < 4.78 is 1.58. The van der Waals surface area contributed by atoms with Crippen molar-refractivity contribution in [3.63, 3.8) is 0 Å². The summed E-state index contributed by atoms with van der Waals surface area (Å²) in [4.78, 5) is 26.8. The van der Waals surface area contributed by atoms with E-state index in [-0.39, 0.29) is 5.56 Å². The second-order valence-corrected chi connectivity index (χ2v) is 8.89. The number of nitriles is 1. The molecule has 0 aliphatic carbocycles. The van der Waals surface area contributed by atoms with Gasteiger partial charge >= 0.3 is 0 Å². The van der Waals surface area contributed by atoms with Crippen molar-refractivity contribution in [3.8, 4) is 6.07 Å². The van der Waals surface area contributed by atoms with E-state index in [9.17, 15) is 10.1 Å². The molecule has 1 aromatic carbocycles. The number of anilines is 1. The number of aryl methyl sites for hydroxylation is 2. The normalized spacial score (nSPS) is 14.9. The van der Waals surface area contributed by atoms with Crippen molar-refractivity contribution in [2.75, 3.05) is 31.1 Å². The summed E-state index contributed by atoms with van der Waals surface area (Å²) in [5.41, 5.74) is 5.62. The Balaban J connectivity index is 1.39. The minimum Gasteiger partial charge on any atom is -0.367 e. The Bertz CT molecular complexity index is 1390. The summed E-state index contributed by atoms with van der Waals surface area (Å²) in [5.74, 6) is 0. The summed E-state index contributed by atoms with van der Waals surface area (Å²) >= 11 is 1.47. The molecule has 0 spiro atoms. The second kappa shape index (κ2) is 7.76. The molecule has 3 aromatic heterocycles. The SMILES string of the molecule is Cc1cc(C)c2ncc(C#N)c(N3CCN(Cc4cc(=O)n5ccsc5n4)CC3)c2c1. The van der Waals surface area contributed by atoms with Gasteiger partial charge in [-0.3, -0.25) is 19.1 Å². The zero-order chi connectivity index (χ0) is 21.5. The van der Waals surface area contributed by atoms with Crippen LogP contribution in [0.15, 0.2) is 40.8 Å². The molecule has 7 nitrogen and oxygen atoms in total. The van der Waals surface area contributed by atoms with Gasteiger partial charge in [0.05, 0.1) is 22.5 Å². The van der Waals surface area contributed by atoms with Gasteiger partial charge in [0, 0.05) is 62.0 Å². The maximum atomic E-state index is 12.3. The average molecular weight is 431 g/mol. The molecular weight excluding hydrogens is 408 g/mol. The van der Waals surface area contributed by atoms with E-state index in [1.54, 1.807) is 22.9 Å². The van der Waals surface area contributed by atoms with Gasteiger partial charge in [0.25, 0.3) is 5.56 Å². The molecule has 1 aliphatic heterocycles. The minimum absolute atomic E-state index is 0.0347. The van der Waals surface area contributed by atoms with Gasteiger partial charge in [-0.1, -0.05) is 11.6 Å². The number of hydrogen-bond acceptors (Lipinski definition) is 7. The molecule has 1 saturated heterocycles. The van der Waals surface area contributed by atoms with E-state index < -0.39 is 0 Å². The quantitative estimate of drug-likeness (QED) is 0.497. The van der Waals surface area contributed by atoms with Crippen LogP contribution < -0.4 is 10.5 Å². The van der Waals surface area contributed by atoms with Crippen LogP contribution in [0.1, 0.15) is 22.4 Å². The molecule has 0 saturated carbocycles. The predicted molar refractivity (Wildman–Crippen MR) is 123 cm³/mol. The zero-order valence-electron chi connectivity index (χ0n) is 17.5. The van der Waals surface area contributed by atoms with Crippen LogP contribution in [-0.2, 0) is 6.54 Å². The van der Waals surface area contributed by atoms with Crippen molar-refractivity contribution in [3.05, 3.63) is 68.7 Å². The monoisotopic (exact) mass is 430 g/mol. The highest BCUT2D eigenvalue weighted by molar-refractivity contribution is 7.15. The van der Waals surface area contributed by atoms with E-state index >= 15 is 0 Å². The van der Waals surface area contributed by atoms with E-state index in [1.165, 1.54) is 16.9 Å². The molecule has 4 aromatic rings. The van der Waals surface area contributed by atoms with Crippen molar-refractivity contribution in [2.24, 2.45) is 0 Å². The minimum atomic E-state index is -0.0347. The first-order valence-corrected chi connectivity index (χ1v) is 11.1. The molecule has 1 fully saturated rings. The first-order chi connectivity index (χ1) is 15.0. The fourth-order valence-electron chi connectivity index (χ4n) is 4.40. The number of aromatic nitrogens is 3. The standard InChI is InChI=1S/C23H22N6OS/c1-15-9-16(2)21-19(10-15)22(17(12-24)13-25-21)28-5-3-27(4-6-28)14-18-11-20(30)29-7-8-31-23(29)26-18/h7-11,13H,3-6,14H2,1-2H3. The van der Waals surface area contributed by atoms with Crippen LogP contribution in [0.5, 0.6) is 0 Å². The number of nitrogens with zero attached hydrogens (tertiary/aromatic N) is 6. The molecular formula is C23H22N6OS. The Hall–Kier alpha value is -3.28. The number of piperazine rings is 1. The van der Waals surface area contributed by atoms with Gasteiger partial charge in [0.15, 0.2) is 4.96 Å². The van der Waals surface area contributed by atoms with E-state index in [2.05, 4.69) is 51.8 Å². The van der Waals surface area contributed by atoms with Crippen LogP contribution >= 0.6 is 11.3 Å². The molecule has 156 valence electrons. The largest absolute Gasteiger partial charge is 0.367 e. The highest BCUT2D eigenvalue weighted by Gasteiger charge is 2.23. The van der Waals surface area contributed by atoms with E-state index in [0.717, 1.165) is 59.0 Å². The molecule has 0 radical (unpaired) electrons. The van der Waals surface area contributed by atoms with Crippen LogP contribution in [0.3, 0.4) is 0 Å². The van der Waals surface area contributed by atoms with Gasteiger partial charge in [-0.25, -0.2) is 4.98 Å². The van der Waals surface area contributed by atoms with E-state index in [4.69, 9.17) is 0 Å².